The number of hydrogen-bond acceptors (Lipinski definition) is 5. The number of anilines is 1. The number of fused-ring (bicyclic) bond motifs is 1. The van der Waals surface area contributed by atoms with Crippen LogP contribution in [-0.2, 0) is 17.8 Å². The van der Waals surface area contributed by atoms with Crippen LogP contribution >= 0.6 is 0 Å². The van der Waals surface area contributed by atoms with Crippen LogP contribution in [-0.4, -0.2) is 33.2 Å². The highest BCUT2D eigenvalue weighted by Crippen LogP contribution is 2.28. The monoisotopic (exact) mass is 286 g/mol. The van der Waals surface area contributed by atoms with E-state index in [0.717, 1.165) is 24.4 Å². The van der Waals surface area contributed by atoms with Gasteiger partial charge in [-0.05, 0) is 18.6 Å². The molecule has 1 N–H and O–H groups in total. The van der Waals surface area contributed by atoms with Gasteiger partial charge in [0.25, 0.3) is 0 Å². The largest absolute Gasteiger partial charge is 0.479 e. The smallest absolute Gasteiger partial charge is 0.182 e. The van der Waals surface area contributed by atoms with E-state index < -0.39 is 6.10 Å². The van der Waals surface area contributed by atoms with E-state index in [1.54, 1.807) is 4.68 Å². The van der Waals surface area contributed by atoms with E-state index in [1.807, 2.05) is 24.3 Å². The molecule has 0 amide bonds. The number of benzene rings is 1. The molecule has 0 bridgehead atoms. The summed E-state index contributed by atoms with van der Waals surface area (Å²) in [6, 6.07) is 7.63. The number of aryl methyl sites for hydroxylation is 1. The van der Waals surface area contributed by atoms with Crippen molar-refractivity contribution in [3.8, 4) is 5.75 Å². The molecule has 110 valence electrons. The van der Waals surface area contributed by atoms with Crippen LogP contribution in [0.4, 0.5) is 5.69 Å². The molecule has 1 aliphatic rings. The quantitative estimate of drug-likeness (QED) is 0.905. The lowest BCUT2D eigenvalue weighted by Gasteiger charge is -2.26. The molecule has 2 heterocycles. The summed E-state index contributed by atoms with van der Waals surface area (Å²) < 4.78 is 7.55. The number of ketones is 1. The van der Waals surface area contributed by atoms with Crippen LogP contribution in [0.5, 0.6) is 5.75 Å². The molecule has 1 aliphatic heterocycles. The summed E-state index contributed by atoms with van der Waals surface area (Å²) in [6.45, 7) is 3.32. The van der Waals surface area contributed by atoms with Gasteiger partial charge in [-0.15, -0.1) is 0 Å². The van der Waals surface area contributed by atoms with Crippen molar-refractivity contribution in [2.45, 2.75) is 32.4 Å². The minimum absolute atomic E-state index is 0.0161. The lowest BCUT2D eigenvalue weighted by atomic mass is 10.1. The molecular weight excluding hydrogens is 268 g/mol. The predicted octanol–water partition coefficient (Wildman–Crippen LogP) is 1.67. The Morgan fingerprint density at radius 2 is 2.33 bits per heavy atom. The van der Waals surface area contributed by atoms with E-state index in [1.165, 1.54) is 6.33 Å². The Bertz CT molecular complexity index is 638. The van der Waals surface area contributed by atoms with Gasteiger partial charge in [-0.25, -0.2) is 9.67 Å². The standard InChI is InChI=1S/C15H18N4O2/c1-2-7-19-15(17-10-18-19)8-12(20)14-9-16-11-5-3-4-6-13(11)21-14/h3-6,10,14,16H,2,7-9H2,1H3. The van der Waals surface area contributed by atoms with Crippen molar-refractivity contribution < 1.29 is 9.53 Å². The van der Waals surface area contributed by atoms with E-state index in [0.29, 0.717) is 12.4 Å². The second kappa shape index (κ2) is 5.95. The number of carbonyl (C=O) groups is 1. The first kappa shape index (κ1) is 13.6. The fraction of sp³-hybridized carbons (Fsp3) is 0.400. The van der Waals surface area contributed by atoms with Crippen molar-refractivity contribution in [2.75, 3.05) is 11.9 Å². The molecule has 1 unspecified atom stereocenters. The third-order valence-electron chi connectivity index (χ3n) is 3.46. The summed E-state index contributed by atoms with van der Waals surface area (Å²) in [5, 5.41) is 7.36. The van der Waals surface area contributed by atoms with Crippen molar-refractivity contribution in [3.63, 3.8) is 0 Å². The lowest BCUT2D eigenvalue weighted by molar-refractivity contribution is -0.124. The maximum Gasteiger partial charge on any atom is 0.182 e. The zero-order valence-corrected chi connectivity index (χ0v) is 12.0. The second-order valence-electron chi connectivity index (χ2n) is 5.03. The minimum Gasteiger partial charge on any atom is -0.479 e. The van der Waals surface area contributed by atoms with Crippen molar-refractivity contribution in [2.24, 2.45) is 0 Å². The van der Waals surface area contributed by atoms with E-state index in [4.69, 9.17) is 4.74 Å². The molecule has 0 aliphatic carbocycles. The third-order valence-corrected chi connectivity index (χ3v) is 3.46. The number of hydrogen-bond donors (Lipinski definition) is 1. The number of Topliss-reactive ketones (excluding diaryl/α,β-unsaturated/α-hetero) is 1. The molecule has 1 atom stereocenters. The Morgan fingerprint density at radius 1 is 1.48 bits per heavy atom. The Balaban J connectivity index is 1.68. The molecule has 6 heteroatoms. The fourth-order valence-corrected chi connectivity index (χ4v) is 2.39. The van der Waals surface area contributed by atoms with Gasteiger partial charge in [0.05, 0.1) is 18.7 Å². The van der Waals surface area contributed by atoms with Gasteiger partial charge in [0.1, 0.15) is 17.9 Å². The van der Waals surface area contributed by atoms with Crippen LogP contribution in [0.2, 0.25) is 0 Å². The molecule has 2 aromatic rings. The third kappa shape index (κ3) is 2.89. The molecule has 6 nitrogen and oxygen atoms in total. The first-order chi connectivity index (χ1) is 10.3. The highest BCUT2D eigenvalue weighted by Gasteiger charge is 2.26. The molecule has 21 heavy (non-hydrogen) atoms. The number of para-hydroxylation sites is 2. The van der Waals surface area contributed by atoms with Crippen molar-refractivity contribution in [1.82, 2.24) is 14.8 Å². The number of aromatic nitrogens is 3. The maximum absolute atomic E-state index is 12.4. The van der Waals surface area contributed by atoms with Crippen LogP contribution in [0.15, 0.2) is 30.6 Å². The summed E-state index contributed by atoms with van der Waals surface area (Å²) in [6.07, 6.45) is 2.22. The lowest BCUT2D eigenvalue weighted by Crippen LogP contribution is -2.39. The highest BCUT2D eigenvalue weighted by atomic mass is 16.5. The normalized spacial score (nSPS) is 16.7. The van der Waals surface area contributed by atoms with Crippen LogP contribution in [0.1, 0.15) is 19.2 Å². The summed E-state index contributed by atoms with van der Waals surface area (Å²) in [7, 11) is 0. The van der Waals surface area contributed by atoms with E-state index >= 15 is 0 Å². The number of nitrogens with one attached hydrogen (secondary N) is 1. The van der Waals surface area contributed by atoms with Crippen LogP contribution in [0.3, 0.4) is 0 Å². The van der Waals surface area contributed by atoms with E-state index in [-0.39, 0.29) is 12.2 Å². The van der Waals surface area contributed by atoms with Crippen molar-refractivity contribution in [3.05, 3.63) is 36.4 Å². The van der Waals surface area contributed by atoms with Gasteiger partial charge in [0.2, 0.25) is 0 Å². The number of carbonyl (C=O) groups excluding carboxylic acids is 1. The van der Waals surface area contributed by atoms with Crippen LogP contribution in [0, 0.1) is 0 Å². The van der Waals surface area contributed by atoms with Gasteiger partial charge in [-0.2, -0.15) is 5.10 Å². The summed E-state index contributed by atoms with van der Waals surface area (Å²) in [5.74, 6) is 1.43. The summed E-state index contributed by atoms with van der Waals surface area (Å²) in [4.78, 5) is 16.6. The van der Waals surface area contributed by atoms with Gasteiger partial charge in [-0.3, -0.25) is 4.79 Å². The van der Waals surface area contributed by atoms with E-state index in [2.05, 4.69) is 22.3 Å². The molecule has 1 aromatic carbocycles. The van der Waals surface area contributed by atoms with Gasteiger partial charge in [-0.1, -0.05) is 19.1 Å². The van der Waals surface area contributed by atoms with Crippen LogP contribution < -0.4 is 10.1 Å². The van der Waals surface area contributed by atoms with Gasteiger partial charge >= 0.3 is 0 Å². The van der Waals surface area contributed by atoms with E-state index in [9.17, 15) is 4.79 Å². The average molecular weight is 286 g/mol. The molecule has 0 radical (unpaired) electrons. The molecule has 0 fully saturated rings. The first-order valence-electron chi connectivity index (χ1n) is 7.17. The molecular formula is C15H18N4O2. The Kier molecular flexibility index (Phi) is 3.85. The zero-order valence-electron chi connectivity index (χ0n) is 12.0. The second-order valence-corrected chi connectivity index (χ2v) is 5.03. The van der Waals surface area contributed by atoms with Gasteiger partial charge < -0.3 is 10.1 Å². The number of nitrogens with zero attached hydrogens (tertiary/aromatic N) is 3. The maximum atomic E-state index is 12.4. The predicted molar refractivity (Wildman–Crippen MR) is 78.4 cm³/mol. The summed E-state index contributed by atoms with van der Waals surface area (Å²) in [5.41, 5.74) is 0.927. The SMILES string of the molecule is CCCn1ncnc1CC(=O)C1CNc2ccccc2O1. The molecule has 0 saturated carbocycles. The average Bonchev–Trinajstić information content (AvgIpc) is 2.94. The first-order valence-corrected chi connectivity index (χ1v) is 7.17. The molecule has 1 aromatic heterocycles. The highest BCUT2D eigenvalue weighted by molar-refractivity contribution is 5.86. The number of ether oxygens (including phenoxy) is 1. The Hall–Kier alpha value is -2.37. The molecule has 0 spiro atoms. The summed E-state index contributed by atoms with van der Waals surface area (Å²) >= 11 is 0. The fourth-order valence-electron chi connectivity index (χ4n) is 2.39. The van der Waals surface area contributed by atoms with Gasteiger partial charge in [0.15, 0.2) is 11.9 Å². The minimum atomic E-state index is -0.480. The Labute approximate surface area is 123 Å². The van der Waals surface area contributed by atoms with Crippen molar-refractivity contribution in [1.29, 1.82) is 0 Å². The van der Waals surface area contributed by atoms with Crippen molar-refractivity contribution >= 4 is 11.5 Å². The molecule has 3 rings (SSSR count). The number of rotatable bonds is 5. The van der Waals surface area contributed by atoms with Crippen LogP contribution in [0.25, 0.3) is 0 Å². The topological polar surface area (TPSA) is 69.0 Å². The van der Waals surface area contributed by atoms with Gasteiger partial charge in [0, 0.05) is 6.54 Å². The Morgan fingerprint density at radius 3 is 3.19 bits per heavy atom. The molecule has 0 saturated heterocycles. The zero-order chi connectivity index (χ0) is 14.7.